The van der Waals surface area contributed by atoms with Gasteiger partial charge in [0.25, 0.3) is 0 Å². The number of hydrogen-bond donors (Lipinski definition) is 0. The molecule has 0 radical (unpaired) electrons. The molecule has 0 atom stereocenters. The molecule has 0 bridgehead atoms. The van der Waals surface area contributed by atoms with Crippen LogP contribution in [0.25, 0.3) is 10.8 Å². The SMILES string of the molecule is CC(C)c1ccc2cnc(Cl)c(F)c2c1. The van der Waals surface area contributed by atoms with Crippen LogP contribution in [0.4, 0.5) is 4.39 Å². The van der Waals surface area contributed by atoms with Gasteiger partial charge >= 0.3 is 0 Å². The molecule has 0 aliphatic carbocycles. The topological polar surface area (TPSA) is 12.9 Å². The average Bonchev–Trinajstić information content (AvgIpc) is 2.23. The van der Waals surface area contributed by atoms with E-state index in [0.717, 1.165) is 10.9 Å². The first kappa shape index (κ1) is 10.4. The molecule has 0 aliphatic rings. The van der Waals surface area contributed by atoms with Crippen molar-refractivity contribution >= 4 is 22.4 Å². The Morgan fingerprint density at radius 3 is 2.73 bits per heavy atom. The standard InChI is InChI=1S/C12H11ClFN/c1-7(2)8-3-4-9-6-15-12(13)11(14)10(9)5-8/h3-7H,1-2H3. The molecule has 78 valence electrons. The van der Waals surface area contributed by atoms with Crippen LogP contribution in [0.5, 0.6) is 0 Å². The van der Waals surface area contributed by atoms with E-state index < -0.39 is 5.82 Å². The Labute approximate surface area is 92.9 Å². The number of aromatic nitrogens is 1. The van der Waals surface area contributed by atoms with Gasteiger partial charge in [-0.15, -0.1) is 0 Å². The Bertz CT molecular complexity index is 508. The zero-order chi connectivity index (χ0) is 11.0. The molecule has 0 unspecified atom stereocenters. The van der Waals surface area contributed by atoms with E-state index in [1.165, 1.54) is 0 Å². The summed E-state index contributed by atoms with van der Waals surface area (Å²) in [5.74, 6) is -0.0580. The molecule has 0 N–H and O–H groups in total. The van der Waals surface area contributed by atoms with E-state index in [1.807, 2.05) is 18.2 Å². The van der Waals surface area contributed by atoms with Crippen LogP contribution < -0.4 is 0 Å². The van der Waals surface area contributed by atoms with E-state index >= 15 is 0 Å². The van der Waals surface area contributed by atoms with Crippen molar-refractivity contribution in [2.75, 3.05) is 0 Å². The minimum atomic E-state index is -0.434. The van der Waals surface area contributed by atoms with Gasteiger partial charge in [0.05, 0.1) is 0 Å². The third-order valence-electron chi connectivity index (χ3n) is 2.48. The van der Waals surface area contributed by atoms with Gasteiger partial charge < -0.3 is 0 Å². The normalized spacial score (nSPS) is 11.3. The van der Waals surface area contributed by atoms with Gasteiger partial charge in [0, 0.05) is 17.0 Å². The van der Waals surface area contributed by atoms with Crippen molar-refractivity contribution in [1.82, 2.24) is 4.98 Å². The second-order valence-corrected chi connectivity index (χ2v) is 4.22. The third-order valence-corrected chi connectivity index (χ3v) is 2.74. The molecule has 0 aliphatic heterocycles. The number of halogens is 2. The molecule has 1 aromatic carbocycles. The number of nitrogens with zero attached hydrogens (tertiary/aromatic N) is 1. The maximum Gasteiger partial charge on any atom is 0.168 e. The van der Waals surface area contributed by atoms with Crippen molar-refractivity contribution < 1.29 is 4.39 Å². The number of rotatable bonds is 1. The Kier molecular flexibility index (Phi) is 2.61. The molecule has 2 aromatic rings. The number of fused-ring (bicyclic) bond motifs is 1. The summed E-state index contributed by atoms with van der Waals surface area (Å²) in [6.07, 6.45) is 1.59. The quantitative estimate of drug-likeness (QED) is 0.662. The van der Waals surface area contributed by atoms with Gasteiger partial charge in [0.2, 0.25) is 0 Å². The third kappa shape index (κ3) is 1.82. The fourth-order valence-corrected chi connectivity index (χ4v) is 1.68. The molecule has 0 saturated carbocycles. The maximum atomic E-state index is 13.6. The van der Waals surface area contributed by atoms with E-state index in [1.54, 1.807) is 6.20 Å². The Morgan fingerprint density at radius 1 is 1.33 bits per heavy atom. The van der Waals surface area contributed by atoms with E-state index in [4.69, 9.17) is 11.6 Å². The summed E-state index contributed by atoms with van der Waals surface area (Å²) in [6, 6.07) is 5.70. The van der Waals surface area contributed by atoms with Crippen LogP contribution in [0.2, 0.25) is 5.15 Å². The first-order chi connectivity index (χ1) is 7.09. The van der Waals surface area contributed by atoms with Gasteiger partial charge in [-0.05, 0) is 17.5 Å². The zero-order valence-electron chi connectivity index (χ0n) is 8.59. The lowest BCUT2D eigenvalue weighted by molar-refractivity contribution is 0.634. The summed E-state index contributed by atoms with van der Waals surface area (Å²) in [5.41, 5.74) is 1.10. The molecule has 0 fully saturated rings. The van der Waals surface area contributed by atoms with Crippen LogP contribution in [0.1, 0.15) is 25.3 Å². The fourth-order valence-electron chi connectivity index (χ4n) is 1.53. The molecule has 0 saturated heterocycles. The molecule has 0 amide bonds. The van der Waals surface area contributed by atoms with Crippen molar-refractivity contribution in [2.45, 2.75) is 19.8 Å². The van der Waals surface area contributed by atoms with Gasteiger partial charge in [0.1, 0.15) is 0 Å². The Balaban J connectivity index is 2.73. The van der Waals surface area contributed by atoms with E-state index in [9.17, 15) is 4.39 Å². The summed E-state index contributed by atoms with van der Waals surface area (Å²) in [4.78, 5) is 3.77. The summed E-state index contributed by atoms with van der Waals surface area (Å²) in [6.45, 7) is 4.14. The molecule has 0 spiro atoms. The minimum absolute atomic E-state index is 0.0663. The Hall–Kier alpha value is -1.15. The first-order valence-corrected chi connectivity index (χ1v) is 5.21. The van der Waals surface area contributed by atoms with Gasteiger partial charge in [-0.25, -0.2) is 9.37 Å². The summed E-state index contributed by atoms with van der Waals surface area (Å²) in [7, 11) is 0. The van der Waals surface area contributed by atoms with Crippen molar-refractivity contribution in [2.24, 2.45) is 0 Å². The molecule has 1 heterocycles. The van der Waals surface area contributed by atoms with E-state index in [0.29, 0.717) is 11.3 Å². The molecule has 2 rings (SSSR count). The molecule has 1 nitrogen and oxygen atoms in total. The van der Waals surface area contributed by atoms with Crippen molar-refractivity contribution in [3.8, 4) is 0 Å². The lowest BCUT2D eigenvalue weighted by Gasteiger charge is -2.07. The lowest BCUT2D eigenvalue weighted by atomic mass is 10.0. The highest BCUT2D eigenvalue weighted by Crippen LogP contribution is 2.25. The monoisotopic (exact) mass is 223 g/mol. The van der Waals surface area contributed by atoms with E-state index in [-0.39, 0.29) is 5.15 Å². The number of benzene rings is 1. The molecule has 3 heteroatoms. The van der Waals surface area contributed by atoms with Crippen molar-refractivity contribution in [3.05, 3.63) is 40.9 Å². The van der Waals surface area contributed by atoms with E-state index in [2.05, 4.69) is 18.8 Å². The Morgan fingerprint density at radius 2 is 2.07 bits per heavy atom. The smallest absolute Gasteiger partial charge is 0.168 e. The van der Waals surface area contributed by atoms with Crippen LogP contribution >= 0.6 is 11.6 Å². The molecule has 15 heavy (non-hydrogen) atoms. The van der Waals surface area contributed by atoms with Crippen LogP contribution in [0.3, 0.4) is 0 Å². The average molecular weight is 224 g/mol. The van der Waals surface area contributed by atoms with Crippen LogP contribution in [0.15, 0.2) is 24.4 Å². The van der Waals surface area contributed by atoms with Crippen LogP contribution in [0, 0.1) is 5.82 Å². The highest BCUT2D eigenvalue weighted by molar-refractivity contribution is 6.30. The van der Waals surface area contributed by atoms with Gasteiger partial charge in [-0.3, -0.25) is 0 Å². The first-order valence-electron chi connectivity index (χ1n) is 4.83. The molecule has 1 aromatic heterocycles. The lowest BCUT2D eigenvalue weighted by Crippen LogP contribution is -1.90. The highest BCUT2D eigenvalue weighted by Gasteiger charge is 2.08. The van der Waals surface area contributed by atoms with Crippen LogP contribution in [-0.2, 0) is 0 Å². The molecular formula is C12H11ClFN. The predicted octanol–water partition coefficient (Wildman–Crippen LogP) is 4.15. The second-order valence-electron chi connectivity index (χ2n) is 3.86. The van der Waals surface area contributed by atoms with Crippen molar-refractivity contribution in [3.63, 3.8) is 0 Å². The predicted molar refractivity (Wildman–Crippen MR) is 60.8 cm³/mol. The minimum Gasteiger partial charge on any atom is -0.241 e. The summed E-state index contributed by atoms with van der Waals surface area (Å²) in [5, 5.41) is 1.26. The summed E-state index contributed by atoms with van der Waals surface area (Å²) >= 11 is 5.63. The highest BCUT2D eigenvalue weighted by atomic mass is 35.5. The van der Waals surface area contributed by atoms with Gasteiger partial charge in [-0.1, -0.05) is 37.6 Å². The second kappa shape index (κ2) is 3.78. The maximum absolute atomic E-state index is 13.6. The van der Waals surface area contributed by atoms with Gasteiger partial charge in [0.15, 0.2) is 11.0 Å². The fraction of sp³-hybridized carbons (Fsp3) is 0.250. The van der Waals surface area contributed by atoms with Crippen molar-refractivity contribution in [1.29, 1.82) is 0 Å². The zero-order valence-corrected chi connectivity index (χ0v) is 9.35. The summed E-state index contributed by atoms with van der Waals surface area (Å²) < 4.78 is 13.6. The number of hydrogen-bond acceptors (Lipinski definition) is 1. The largest absolute Gasteiger partial charge is 0.241 e. The van der Waals surface area contributed by atoms with Crippen LogP contribution in [-0.4, -0.2) is 4.98 Å². The van der Waals surface area contributed by atoms with Gasteiger partial charge in [-0.2, -0.15) is 0 Å². The number of pyridine rings is 1. The molecular weight excluding hydrogens is 213 g/mol.